The molecule has 0 atom stereocenters. The van der Waals surface area contributed by atoms with E-state index in [9.17, 15) is 20.0 Å². The lowest BCUT2D eigenvalue weighted by Crippen LogP contribution is -2.23. The van der Waals surface area contributed by atoms with Crippen LogP contribution in [0.2, 0.25) is 0 Å². The maximum absolute atomic E-state index is 13.6. The van der Waals surface area contributed by atoms with Crippen molar-refractivity contribution in [1.29, 1.82) is 0 Å². The van der Waals surface area contributed by atoms with Gasteiger partial charge in [0.05, 0.1) is 21.5 Å². The second-order valence-corrected chi connectivity index (χ2v) is 8.46. The number of para-hydroxylation sites is 1. The highest BCUT2D eigenvalue weighted by Crippen LogP contribution is 2.27. The number of benzene rings is 3. The molecule has 0 saturated carbocycles. The summed E-state index contributed by atoms with van der Waals surface area (Å²) < 4.78 is 1.52. The van der Waals surface area contributed by atoms with E-state index in [-0.39, 0.29) is 5.56 Å². The third kappa shape index (κ3) is 4.90. The average molecular weight is 501 g/mol. The Bertz CT molecular complexity index is 1850. The highest BCUT2D eigenvalue weighted by atomic mass is 16.6. The van der Waals surface area contributed by atoms with Gasteiger partial charge in [-0.2, -0.15) is 0 Å². The molecule has 2 aromatic heterocycles. The van der Waals surface area contributed by atoms with Gasteiger partial charge in [-0.3, -0.25) is 24.5 Å². The lowest BCUT2D eigenvalue weighted by Gasteiger charge is -2.14. The molecule has 3 aromatic carbocycles. The molecule has 0 aliphatic carbocycles. The summed E-state index contributed by atoms with van der Waals surface area (Å²) in [6, 6.07) is 20.4. The number of aryl methyl sites for hydroxylation is 1. The van der Waals surface area contributed by atoms with E-state index in [1.54, 1.807) is 54.9 Å². The van der Waals surface area contributed by atoms with E-state index >= 15 is 0 Å². The molecule has 8 nitrogen and oxygen atoms in total. The lowest BCUT2D eigenvalue weighted by molar-refractivity contribution is -0.385. The molecule has 0 fully saturated rings. The van der Waals surface area contributed by atoms with Crippen LogP contribution in [0.15, 0.2) is 90.0 Å². The molecule has 0 spiro atoms. The van der Waals surface area contributed by atoms with Gasteiger partial charge >= 0.3 is 5.69 Å². The standard InChI is InChI=1S/C30H20N4O4/c1-20-17-21(8-9-23-5-4-16-31-19-23)10-13-26(20)33-29(32-25-7-3-2-6-24(25)30(33)36)15-12-22-11-14-28(35)27(18-22)34(37)38/h2-7,10-19,35H,1H3/b15-12+. The Morgan fingerprint density at radius 2 is 1.79 bits per heavy atom. The third-order valence-corrected chi connectivity index (χ3v) is 5.87. The molecular formula is C30H20N4O4. The van der Waals surface area contributed by atoms with Crippen molar-refractivity contribution >= 4 is 28.7 Å². The van der Waals surface area contributed by atoms with Crippen LogP contribution in [0.5, 0.6) is 5.75 Å². The summed E-state index contributed by atoms with van der Waals surface area (Å²) in [6.45, 7) is 1.89. The second kappa shape index (κ2) is 10.2. The number of hydrogen-bond acceptors (Lipinski definition) is 6. The molecule has 0 amide bonds. The molecule has 5 aromatic rings. The van der Waals surface area contributed by atoms with Gasteiger partial charge in [0.15, 0.2) is 5.75 Å². The number of nitro benzene ring substituents is 1. The molecule has 38 heavy (non-hydrogen) atoms. The van der Waals surface area contributed by atoms with Gasteiger partial charge in [0.25, 0.3) is 5.56 Å². The van der Waals surface area contributed by atoms with Crippen LogP contribution in [-0.4, -0.2) is 24.6 Å². The van der Waals surface area contributed by atoms with E-state index in [1.165, 1.54) is 16.7 Å². The summed E-state index contributed by atoms with van der Waals surface area (Å²) in [5.74, 6) is 6.13. The number of pyridine rings is 1. The smallest absolute Gasteiger partial charge is 0.311 e. The summed E-state index contributed by atoms with van der Waals surface area (Å²) in [7, 11) is 0. The Hall–Kier alpha value is -5.55. The monoisotopic (exact) mass is 500 g/mol. The molecule has 0 radical (unpaired) electrons. The highest BCUT2D eigenvalue weighted by molar-refractivity contribution is 5.80. The topological polar surface area (TPSA) is 111 Å². The quantitative estimate of drug-likeness (QED) is 0.204. The van der Waals surface area contributed by atoms with E-state index in [2.05, 4.69) is 16.8 Å². The normalized spacial score (nSPS) is 10.9. The van der Waals surface area contributed by atoms with Crippen LogP contribution in [-0.2, 0) is 0 Å². The Morgan fingerprint density at radius 3 is 2.55 bits per heavy atom. The molecule has 0 aliphatic rings. The van der Waals surface area contributed by atoms with E-state index in [0.717, 1.165) is 16.7 Å². The van der Waals surface area contributed by atoms with Crippen molar-refractivity contribution in [3.05, 3.63) is 134 Å². The van der Waals surface area contributed by atoms with Gasteiger partial charge in [-0.05, 0) is 72.7 Å². The van der Waals surface area contributed by atoms with Crippen LogP contribution >= 0.6 is 0 Å². The van der Waals surface area contributed by atoms with E-state index in [4.69, 9.17) is 4.98 Å². The fourth-order valence-electron chi connectivity index (χ4n) is 4.02. The third-order valence-electron chi connectivity index (χ3n) is 5.87. The first-order chi connectivity index (χ1) is 18.4. The Morgan fingerprint density at radius 1 is 0.974 bits per heavy atom. The van der Waals surface area contributed by atoms with Gasteiger partial charge in [0, 0.05) is 29.6 Å². The minimum absolute atomic E-state index is 0.246. The fraction of sp³-hybridized carbons (Fsp3) is 0.0333. The Kier molecular flexibility index (Phi) is 6.49. The highest BCUT2D eigenvalue weighted by Gasteiger charge is 2.15. The minimum atomic E-state index is -0.654. The van der Waals surface area contributed by atoms with E-state index in [1.807, 2.05) is 37.3 Å². The number of aromatic nitrogens is 3. The van der Waals surface area contributed by atoms with Crippen LogP contribution in [0, 0.1) is 28.9 Å². The van der Waals surface area contributed by atoms with Crippen molar-refractivity contribution in [3.63, 3.8) is 0 Å². The molecule has 184 valence electrons. The SMILES string of the molecule is Cc1cc(C#Cc2cccnc2)ccc1-n1c(/C=C/c2ccc(O)c([N+](=O)[O-])c2)nc2ccccc2c1=O. The number of rotatable bonds is 4. The van der Waals surface area contributed by atoms with Gasteiger partial charge in [0.1, 0.15) is 5.82 Å². The zero-order chi connectivity index (χ0) is 26.6. The molecule has 2 heterocycles. The minimum Gasteiger partial charge on any atom is -0.502 e. The van der Waals surface area contributed by atoms with Gasteiger partial charge in [-0.15, -0.1) is 0 Å². The average Bonchev–Trinajstić information content (AvgIpc) is 2.92. The fourth-order valence-corrected chi connectivity index (χ4v) is 4.02. The van der Waals surface area contributed by atoms with Crippen molar-refractivity contribution in [3.8, 4) is 23.3 Å². The zero-order valence-corrected chi connectivity index (χ0v) is 20.2. The van der Waals surface area contributed by atoms with Gasteiger partial charge in [-0.1, -0.05) is 36.1 Å². The van der Waals surface area contributed by atoms with Crippen LogP contribution in [0.4, 0.5) is 5.69 Å². The second-order valence-electron chi connectivity index (χ2n) is 8.46. The molecule has 8 heteroatoms. The molecule has 0 unspecified atom stereocenters. The molecule has 0 aliphatic heterocycles. The van der Waals surface area contributed by atoms with Crippen molar-refractivity contribution in [2.24, 2.45) is 0 Å². The van der Waals surface area contributed by atoms with Gasteiger partial charge < -0.3 is 5.11 Å². The maximum atomic E-state index is 13.6. The van der Waals surface area contributed by atoms with Crippen molar-refractivity contribution < 1.29 is 10.0 Å². The van der Waals surface area contributed by atoms with Crippen molar-refractivity contribution in [1.82, 2.24) is 14.5 Å². The summed E-state index contributed by atoms with van der Waals surface area (Å²) in [5.41, 5.74) is 3.38. The van der Waals surface area contributed by atoms with Crippen molar-refractivity contribution in [2.75, 3.05) is 0 Å². The Balaban J connectivity index is 1.62. The van der Waals surface area contributed by atoms with Crippen LogP contribution in [0.1, 0.15) is 28.1 Å². The first kappa shape index (κ1) is 24.2. The first-order valence-corrected chi connectivity index (χ1v) is 11.6. The van der Waals surface area contributed by atoms with Crippen LogP contribution in [0.25, 0.3) is 28.7 Å². The van der Waals surface area contributed by atoms with E-state index < -0.39 is 16.4 Å². The number of fused-ring (bicyclic) bond motifs is 1. The lowest BCUT2D eigenvalue weighted by atomic mass is 10.1. The maximum Gasteiger partial charge on any atom is 0.311 e. The summed E-state index contributed by atoms with van der Waals surface area (Å²) in [6.07, 6.45) is 6.62. The van der Waals surface area contributed by atoms with Gasteiger partial charge in [0.2, 0.25) is 0 Å². The summed E-state index contributed by atoms with van der Waals surface area (Å²) >= 11 is 0. The van der Waals surface area contributed by atoms with Gasteiger partial charge in [-0.25, -0.2) is 4.98 Å². The number of phenolic OH excluding ortho intramolecular Hbond substituents is 1. The Labute approximate surface area is 217 Å². The predicted octanol–water partition coefficient (Wildman–Crippen LogP) is 5.27. The molecule has 0 saturated heterocycles. The molecule has 1 N–H and O–H groups in total. The van der Waals surface area contributed by atoms with Crippen LogP contribution in [0.3, 0.4) is 0 Å². The number of hydrogen-bond donors (Lipinski definition) is 1. The zero-order valence-electron chi connectivity index (χ0n) is 20.2. The predicted molar refractivity (Wildman–Crippen MR) is 146 cm³/mol. The van der Waals surface area contributed by atoms with Crippen LogP contribution < -0.4 is 5.56 Å². The number of phenols is 1. The molecular weight excluding hydrogens is 480 g/mol. The summed E-state index contributed by atoms with van der Waals surface area (Å²) in [5, 5.41) is 21.4. The number of nitro groups is 1. The van der Waals surface area contributed by atoms with Crippen molar-refractivity contribution in [2.45, 2.75) is 6.92 Å². The van der Waals surface area contributed by atoms with E-state index in [0.29, 0.717) is 28.0 Å². The largest absolute Gasteiger partial charge is 0.502 e. The number of aromatic hydroxyl groups is 1. The summed E-state index contributed by atoms with van der Waals surface area (Å²) in [4.78, 5) is 33.0. The number of nitrogens with zero attached hydrogens (tertiary/aromatic N) is 4. The molecule has 0 bridgehead atoms. The molecule has 5 rings (SSSR count). The first-order valence-electron chi connectivity index (χ1n) is 11.6.